The average Bonchev–Trinajstić information content (AvgIpc) is 2.49. The second kappa shape index (κ2) is 5.36. The van der Waals surface area contributed by atoms with E-state index in [1.54, 1.807) is 18.5 Å². The van der Waals surface area contributed by atoms with E-state index in [4.69, 9.17) is 5.73 Å². The zero-order valence-corrected chi connectivity index (χ0v) is 10.7. The van der Waals surface area contributed by atoms with E-state index in [1.807, 2.05) is 42.5 Å². The predicted octanol–water partition coefficient (Wildman–Crippen LogP) is 2.86. The average molecular weight is 263 g/mol. The van der Waals surface area contributed by atoms with Crippen molar-refractivity contribution in [1.29, 1.82) is 0 Å². The Morgan fingerprint density at radius 1 is 0.900 bits per heavy atom. The Labute approximate surface area is 116 Å². The highest BCUT2D eigenvalue weighted by molar-refractivity contribution is 5.62. The van der Waals surface area contributed by atoms with Crippen molar-refractivity contribution in [3.8, 4) is 11.3 Å². The summed E-state index contributed by atoms with van der Waals surface area (Å²) in [4.78, 5) is 12.4. The normalized spacial score (nSPS) is 10.2. The van der Waals surface area contributed by atoms with Crippen LogP contribution in [0.4, 0.5) is 17.5 Å². The molecule has 0 unspecified atom stereocenters. The summed E-state index contributed by atoms with van der Waals surface area (Å²) in [7, 11) is 0. The highest BCUT2D eigenvalue weighted by Crippen LogP contribution is 2.19. The van der Waals surface area contributed by atoms with Gasteiger partial charge in [-0.2, -0.15) is 0 Å². The smallest absolute Gasteiger partial charge is 0.220 e. The number of anilines is 3. The summed E-state index contributed by atoms with van der Waals surface area (Å²) in [5.74, 6) is 1.04. The van der Waals surface area contributed by atoms with Crippen LogP contribution in [0.25, 0.3) is 11.3 Å². The van der Waals surface area contributed by atoms with Crippen LogP contribution in [0.3, 0.4) is 0 Å². The summed E-state index contributed by atoms with van der Waals surface area (Å²) in [5, 5.41) is 3.23. The molecule has 3 N–H and O–H groups in total. The summed E-state index contributed by atoms with van der Waals surface area (Å²) in [6, 6.07) is 15.5. The number of benzene rings is 1. The van der Waals surface area contributed by atoms with E-state index >= 15 is 0 Å². The maximum absolute atomic E-state index is 5.57. The molecule has 0 aliphatic heterocycles. The Kier molecular flexibility index (Phi) is 3.24. The van der Waals surface area contributed by atoms with E-state index in [9.17, 15) is 0 Å². The lowest BCUT2D eigenvalue weighted by Crippen LogP contribution is -1.96. The first-order valence-corrected chi connectivity index (χ1v) is 6.18. The number of nitrogen functional groups attached to an aromatic ring is 1. The fourth-order valence-electron chi connectivity index (χ4n) is 1.82. The zero-order chi connectivity index (χ0) is 13.8. The molecule has 0 bridgehead atoms. The van der Waals surface area contributed by atoms with Crippen molar-refractivity contribution in [3.63, 3.8) is 0 Å². The molecule has 0 radical (unpaired) electrons. The molecule has 0 aliphatic carbocycles. The van der Waals surface area contributed by atoms with Crippen LogP contribution in [0.15, 0.2) is 60.9 Å². The van der Waals surface area contributed by atoms with Crippen LogP contribution in [0.2, 0.25) is 0 Å². The lowest BCUT2D eigenvalue weighted by atomic mass is 10.2. The number of nitrogens with one attached hydrogen (secondary N) is 1. The van der Waals surface area contributed by atoms with Gasteiger partial charge in [0.05, 0.1) is 5.69 Å². The monoisotopic (exact) mass is 263 g/mol. The molecule has 2 heterocycles. The SMILES string of the molecule is Nc1nccc(-c2ccc(Nc3ccccc3)nc2)n1. The first kappa shape index (κ1) is 12.1. The molecule has 0 aliphatic rings. The van der Waals surface area contributed by atoms with Crippen molar-refractivity contribution >= 4 is 17.5 Å². The maximum atomic E-state index is 5.57. The van der Waals surface area contributed by atoms with Gasteiger partial charge in [0.15, 0.2) is 0 Å². The van der Waals surface area contributed by atoms with E-state index < -0.39 is 0 Å². The Hall–Kier alpha value is -2.95. The maximum Gasteiger partial charge on any atom is 0.220 e. The molecule has 3 aromatic rings. The van der Waals surface area contributed by atoms with Gasteiger partial charge in [-0.1, -0.05) is 18.2 Å². The quantitative estimate of drug-likeness (QED) is 0.759. The molecule has 5 nitrogen and oxygen atoms in total. The van der Waals surface area contributed by atoms with E-state index in [2.05, 4.69) is 20.3 Å². The third-order valence-electron chi connectivity index (χ3n) is 2.78. The lowest BCUT2D eigenvalue weighted by Gasteiger charge is -2.06. The number of aromatic nitrogens is 3. The molecule has 0 atom stereocenters. The van der Waals surface area contributed by atoms with Gasteiger partial charge in [-0.05, 0) is 30.3 Å². The highest BCUT2D eigenvalue weighted by Gasteiger charge is 2.02. The van der Waals surface area contributed by atoms with E-state index in [0.29, 0.717) is 0 Å². The summed E-state index contributed by atoms with van der Waals surface area (Å²) >= 11 is 0. The second-order valence-electron chi connectivity index (χ2n) is 4.22. The first-order valence-electron chi connectivity index (χ1n) is 6.18. The molecule has 5 heteroatoms. The van der Waals surface area contributed by atoms with Crippen LogP contribution in [0, 0.1) is 0 Å². The van der Waals surface area contributed by atoms with Crippen molar-refractivity contribution in [3.05, 3.63) is 60.9 Å². The Morgan fingerprint density at radius 3 is 2.45 bits per heavy atom. The molecule has 2 aromatic heterocycles. The predicted molar refractivity (Wildman–Crippen MR) is 79.4 cm³/mol. The molecule has 0 saturated heterocycles. The number of pyridine rings is 1. The minimum atomic E-state index is 0.258. The van der Waals surface area contributed by atoms with Crippen LogP contribution in [0.1, 0.15) is 0 Å². The summed E-state index contributed by atoms with van der Waals surface area (Å²) in [6.07, 6.45) is 3.39. The van der Waals surface area contributed by atoms with Crippen LogP contribution in [-0.4, -0.2) is 15.0 Å². The van der Waals surface area contributed by atoms with Crippen molar-refractivity contribution in [2.24, 2.45) is 0 Å². The van der Waals surface area contributed by atoms with Gasteiger partial charge in [-0.3, -0.25) is 0 Å². The molecule has 0 amide bonds. The van der Waals surface area contributed by atoms with Crippen molar-refractivity contribution in [1.82, 2.24) is 15.0 Å². The van der Waals surface area contributed by atoms with Crippen molar-refractivity contribution < 1.29 is 0 Å². The van der Waals surface area contributed by atoms with Gasteiger partial charge in [0.25, 0.3) is 0 Å². The zero-order valence-electron chi connectivity index (χ0n) is 10.7. The van der Waals surface area contributed by atoms with Gasteiger partial charge in [-0.25, -0.2) is 15.0 Å². The van der Waals surface area contributed by atoms with Gasteiger partial charge in [0.2, 0.25) is 5.95 Å². The topological polar surface area (TPSA) is 76.7 Å². The number of para-hydroxylation sites is 1. The van der Waals surface area contributed by atoms with Crippen LogP contribution < -0.4 is 11.1 Å². The van der Waals surface area contributed by atoms with E-state index in [-0.39, 0.29) is 5.95 Å². The number of rotatable bonds is 3. The van der Waals surface area contributed by atoms with Gasteiger partial charge in [-0.15, -0.1) is 0 Å². The molecule has 98 valence electrons. The highest BCUT2D eigenvalue weighted by atomic mass is 15.0. The number of nitrogens with zero attached hydrogens (tertiary/aromatic N) is 3. The van der Waals surface area contributed by atoms with Gasteiger partial charge < -0.3 is 11.1 Å². The fourth-order valence-corrected chi connectivity index (χ4v) is 1.82. The molecule has 3 rings (SSSR count). The van der Waals surface area contributed by atoms with Crippen LogP contribution >= 0.6 is 0 Å². The summed E-state index contributed by atoms with van der Waals surface area (Å²) < 4.78 is 0. The molecule has 20 heavy (non-hydrogen) atoms. The number of hydrogen-bond acceptors (Lipinski definition) is 5. The number of nitrogens with two attached hydrogens (primary N) is 1. The Morgan fingerprint density at radius 2 is 1.75 bits per heavy atom. The van der Waals surface area contributed by atoms with E-state index in [1.165, 1.54) is 0 Å². The second-order valence-corrected chi connectivity index (χ2v) is 4.22. The summed E-state index contributed by atoms with van der Waals surface area (Å²) in [5.41, 5.74) is 8.23. The lowest BCUT2D eigenvalue weighted by molar-refractivity contribution is 1.18. The molecule has 0 spiro atoms. The molecule has 0 saturated carbocycles. The molecular formula is C15H13N5. The molecule has 0 fully saturated rings. The Bertz CT molecular complexity index is 695. The third kappa shape index (κ3) is 2.72. The van der Waals surface area contributed by atoms with E-state index in [0.717, 1.165) is 22.8 Å². The minimum absolute atomic E-state index is 0.258. The standard InChI is InChI=1S/C15H13N5/c16-15-17-9-8-13(20-15)11-6-7-14(18-10-11)19-12-4-2-1-3-5-12/h1-10H,(H,18,19)(H2,16,17,20). The van der Waals surface area contributed by atoms with Crippen LogP contribution in [-0.2, 0) is 0 Å². The Balaban J connectivity index is 1.81. The molecular weight excluding hydrogens is 250 g/mol. The van der Waals surface area contributed by atoms with Crippen molar-refractivity contribution in [2.75, 3.05) is 11.1 Å². The minimum Gasteiger partial charge on any atom is -0.368 e. The van der Waals surface area contributed by atoms with Gasteiger partial charge in [0, 0.05) is 23.6 Å². The molecule has 1 aromatic carbocycles. The van der Waals surface area contributed by atoms with Crippen molar-refractivity contribution in [2.45, 2.75) is 0 Å². The number of hydrogen-bond donors (Lipinski definition) is 2. The largest absolute Gasteiger partial charge is 0.368 e. The van der Waals surface area contributed by atoms with Gasteiger partial charge in [0.1, 0.15) is 5.82 Å². The fraction of sp³-hybridized carbons (Fsp3) is 0. The summed E-state index contributed by atoms with van der Waals surface area (Å²) in [6.45, 7) is 0. The third-order valence-corrected chi connectivity index (χ3v) is 2.78. The first-order chi connectivity index (χ1) is 9.81. The van der Waals surface area contributed by atoms with Gasteiger partial charge >= 0.3 is 0 Å². The van der Waals surface area contributed by atoms with Crippen LogP contribution in [0.5, 0.6) is 0 Å².